The fraction of sp³-hybridized carbons (Fsp3) is 0.364. The smallest absolute Gasteiger partial charge is 0.242 e. The van der Waals surface area contributed by atoms with Crippen molar-refractivity contribution in [2.45, 2.75) is 46.6 Å². The standard InChI is InChI=1S/C22H26N2O2/c1-5-16-10-12-18(13-11-16)23-20(25)22(3,4)21(26)24-15(2)14-17-8-6-7-9-19(17)24/h6-13,15H,5,14H2,1-4H3,(H,23,25). The van der Waals surface area contributed by atoms with Crippen LogP contribution in [0.2, 0.25) is 0 Å². The number of nitrogens with one attached hydrogen (secondary N) is 1. The van der Waals surface area contributed by atoms with Crippen LogP contribution in [-0.2, 0) is 22.4 Å². The van der Waals surface area contributed by atoms with Crippen LogP contribution in [0.15, 0.2) is 48.5 Å². The van der Waals surface area contributed by atoms with Gasteiger partial charge in [0.1, 0.15) is 5.41 Å². The number of rotatable bonds is 4. The van der Waals surface area contributed by atoms with Crippen molar-refractivity contribution in [1.82, 2.24) is 0 Å². The summed E-state index contributed by atoms with van der Waals surface area (Å²) < 4.78 is 0. The zero-order valence-electron chi connectivity index (χ0n) is 15.9. The molecule has 1 aliphatic heterocycles. The molecule has 0 saturated carbocycles. The van der Waals surface area contributed by atoms with E-state index >= 15 is 0 Å². The molecule has 2 amide bonds. The largest absolute Gasteiger partial charge is 0.325 e. The second-order valence-electron chi connectivity index (χ2n) is 7.49. The number of para-hydroxylation sites is 1. The number of hydrogen-bond donors (Lipinski definition) is 1. The number of amides is 2. The quantitative estimate of drug-likeness (QED) is 0.841. The molecule has 0 aromatic heterocycles. The molecule has 3 rings (SSSR count). The number of aryl methyl sites for hydroxylation is 1. The van der Waals surface area contributed by atoms with Crippen LogP contribution in [0, 0.1) is 5.41 Å². The van der Waals surface area contributed by atoms with E-state index < -0.39 is 5.41 Å². The summed E-state index contributed by atoms with van der Waals surface area (Å²) in [6, 6.07) is 15.7. The van der Waals surface area contributed by atoms with Crippen LogP contribution in [0.25, 0.3) is 0 Å². The molecule has 0 fully saturated rings. The van der Waals surface area contributed by atoms with Gasteiger partial charge in [-0.15, -0.1) is 0 Å². The molecule has 1 aliphatic rings. The average Bonchev–Trinajstić information content (AvgIpc) is 2.97. The van der Waals surface area contributed by atoms with Gasteiger partial charge in [0.25, 0.3) is 0 Å². The van der Waals surface area contributed by atoms with Gasteiger partial charge in [0.15, 0.2) is 0 Å². The van der Waals surface area contributed by atoms with Gasteiger partial charge < -0.3 is 10.2 Å². The van der Waals surface area contributed by atoms with E-state index in [-0.39, 0.29) is 17.9 Å². The molecule has 0 spiro atoms. The van der Waals surface area contributed by atoms with E-state index in [1.807, 2.05) is 55.5 Å². The maximum absolute atomic E-state index is 13.2. The lowest BCUT2D eigenvalue weighted by Gasteiger charge is -2.31. The van der Waals surface area contributed by atoms with E-state index in [2.05, 4.69) is 12.2 Å². The normalized spacial score (nSPS) is 16.3. The SMILES string of the molecule is CCc1ccc(NC(=O)C(C)(C)C(=O)N2c3ccccc3CC2C)cc1. The molecule has 1 atom stereocenters. The molecule has 26 heavy (non-hydrogen) atoms. The predicted molar refractivity (Wildman–Crippen MR) is 105 cm³/mol. The van der Waals surface area contributed by atoms with E-state index in [9.17, 15) is 9.59 Å². The summed E-state index contributed by atoms with van der Waals surface area (Å²) in [7, 11) is 0. The fourth-order valence-electron chi connectivity index (χ4n) is 3.38. The minimum Gasteiger partial charge on any atom is -0.325 e. The zero-order chi connectivity index (χ0) is 18.9. The Morgan fingerprint density at radius 1 is 1.12 bits per heavy atom. The van der Waals surface area contributed by atoms with Crippen molar-refractivity contribution in [2.24, 2.45) is 5.41 Å². The molecule has 0 saturated heterocycles. The van der Waals surface area contributed by atoms with E-state index in [4.69, 9.17) is 0 Å². The lowest BCUT2D eigenvalue weighted by molar-refractivity contribution is -0.136. The van der Waals surface area contributed by atoms with Gasteiger partial charge >= 0.3 is 0 Å². The molecule has 0 bridgehead atoms. The molecule has 2 aromatic carbocycles. The Kier molecular flexibility index (Phi) is 4.86. The minimum atomic E-state index is -1.16. The van der Waals surface area contributed by atoms with Crippen molar-refractivity contribution in [3.63, 3.8) is 0 Å². The van der Waals surface area contributed by atoms with Crippen molar-refractivity contribution in [3.05, 3.63) is 59.7 Å². The van der Waals surface area contributed by atoms with Crippen LogP contribution in [0.5, 0.6) is 0 Å². The Bertz CT molecular complexity index is 824. The number of nitrogens with zero attached hydrogens (tertiary/aromatic N) is 1. The van der Waals surface area contributed by atoms with Crippen molar-refractivity contribution >= 4 is 23.2 Å². The van der Waals surface area contributed by atoms with Gasteiger partial charge in [0.2, 0.25) is 11.8 Å². The Labute approximate surface area is 155 Å². The number of hydrogen-bond acceptors (Lipinski definition) is 2. The fourth-order valence-corrected chi connectivity index (χ4v) is 3.38. The van der Waals surface area contributed by atoms with Gasteiger partial charge in [-0.1, -0.05) is 37.3 Å². The first kappa shape index (κ1) is 18.2. The molecular weight excluding hydrogens is 324 g/mol. The third-order valence-electron chi connectivity index (χ3n) is 5.15. The summed E-state index contributed by atoms with van der Waals surface area (Å²) in [6.45, 7) is 7.50. The third kappa shape index (κ3) is 3.24. The highest BCUT2D eigenvalue weighted by atomic mass is 16.2. The van der Waals surface area contributed by atoms with E-state index in [1.165, 1.54) is 5.56 Å². The van der Waals surface area contributed by atoms with Crippen LogP contribution >= 0.6 is 0 Å². The highest BCUT2D eigenvalue weighted by Gasteiger charge is 2.43. The maximum atomic E-state index is 13.2. The van der Waals surface area contributed by atoms with Crippen LogP contribution in [0.1, 0.15) is 38.8 Å². The lowest BCUT2D eigenvalue weighted by atomic mass is 9.89. The molecule has 0 radical (unpaired) electrons. The highest BCUT2D eigenvalue weighted by Crippen LogP contribution is 2.35. The minimum absolute atomic E-state index is 0.0517. The highest BCUT2D eigenvalue weighted by molar-refractivity contribution is 6.15. The monoisotopic (exact) mass is 350 g/mol. The first-order chi connectivity index (χ1) is 12.3. The van der Waals surface area contributed by atoms with E-state index in [1.54, 1.807) is 18.7 Å². The summed E-state index contributed by atoms with van der Waals surface area (Å²) >= 11 is 0. The summed E-state index contributed by atoms with van der Waals surface area (Å²) in [6.07, 6.45) is 1.77. The van der Waals surface area contributed by atoms with Crippen molar-refractivity contribution < 1.29 is 9.59 Å². The number of fused-ring (bicyclic) bond motifs is 1. The molecule has 1 unspecified atom stereocenters. The molecule has 4 nitrogen and oxygen atoms in total. The number of anilines is 2. The Morgan fingerprint density at radius 2 is 1.77 bits per heavy atom. The first-order valence-electron chi connectivity index (χ1n) is 9.16. The molecule has 0 aliphatic carbocycles. The second-order valence-corrected chi connectivity index (χ2v) is 7.49. The maximum Gasteiger partial charge on any atom is 0.242 e. The lowest BCUT2D eigenvalue weighted by Crippen LogP contribution is -2.49. The third-order valence-corrected chi connectivity index (χ3v) is 5.15. The van der Waals surface area contributed by atoms with E-state index in [0.717, 1.165) is 24.1 Å². The summed E-state index contributed by atoms with van der Waals surface area (Å²) in [5.74, 6) is -0.457. The van der Waals surface area contributed by atoms with Crippen molar-refractivity contribution in [2.75, 3.05) is 10.2 Å². The average molecular weight is 350 g/mol. The van der Waals surface area contributed by atoms with Crippen LogP contribution in [-0.4, -0.2) is 17.9 Å². The van der Waals surface area contributed by atoms with Gasteiger partial charge in [-0.25, -0.2) is 0 Å². The van der Waals surface area contributed by atoms with Crippen LogP contribution in [0.3, 0.4) is 0 Å². The molecule has 136 valence electrons. The summed E-state index contributed by atoms with van der Waals surface area (Å²) in [5, 5.41) is 2.89. The van der Waals surface area contributed by atoms with Gasteiger partial charge in [0, 0.05) is 17.4 Å². The topological polar surface area (TPSA) is 49.4 Å². The molecule has 4 heteroatoms. The van der Waals surface area contributed by atoms with Crippen molar-refractivity contribution in [3.8, 4) is 0 Å². The Balaban J connectivity index is 1.80. The van der Waals surface area contributed by atoms with Gasteiger partial charge in [0.05, 0.1) is 0 Å². The Hall–Kier alpha value is -2.62. The van der Waals surface area contributed by atoms with Crippen LogP contribution in [0.4, 0.5) is 11.4 Å². The number of carbonyl (C=O) groups is 2. The van der Waals surface area contributed by atoms with Gasteiger partial charge in [-0.2, -0.15) is 0 Å². The zero-order valence-corrected chi connectivity index (χ0v) is 15.9. The summed E-state index contributed by atoms with van der Waals surface area (Å²) in [4.78, 5) is 27.9. The van der Waals surface area contributed by atoms with E-state index in [0.29, 0.717) is 5.69 Å². The number of carbonyl (C=O) groups excluding carboxylic acids is 2. The first-order valence-corrected chi connectivity index (χ1v) is 9.16. The second kappa shape index (κ2) is 6.94. The van der Waals surface area contributed by atoms with Crippen molar-refractivity contribution in [1.29, 1.82) is 0 Å². The van der Waals surface area contributed by atoms with Gasteiger partial charge in [-0.3, -0.25) is 9.59 Å². The predicted octanol–water partition coefficient (Wildman–Crippen LogP) is 4.19. The Morgan fingerprint density at radius 3 is 2.42 bits per heavy atom. The van der Waals surface area contributed by atoms with Gasteiger partial charge in [-0.05, 0) is 62.9 Å². The summed E-state index contributed by atoms with van der Waals surface area (Å²) in [5.41, 5.74) is 2.83. The molecular formula is C22H26N2O2. The molecule has 2 aromatic rings. The molecule has 1 heterocycles. The number of benzene rings is 2. The molecule has 1 N–H and O–H groups in total. The van der Waals surface area contributed by atoms with Crippen LogP contribution < -0.4 is 10.2 Å².